The molecule has 2 aromatic rings. The molecule has 2 rings (SSSR count). The summed E-state index contributed by atoms with van der Waals surface area (Å²) in [6.07, 6.45) is 4.58. The number of nitrogens with one attached hydrogen (secondary N) is 1. The second-order valence-corrected chi connectivity index (χ2v) is 6.28. The van der Waals surface area contributed by atoms with Gasteiger partial charge in [-0.2, -0.15) is 0 Å². The van der Waals surface area contributed by atoms with Crippen molar-refractivity contribution in [2.75, 3.05) is 27.2 Å². The molecule has 0 saturated heterocycles. The number of rotatable bonds is 8. The summed E-state index contributed by atoms with van der Waals surface area (Å²) < 4.78 is 2.34. The van der Waals surface area contributed by atoms with E-state index in [9.17, 15) is 0 Å². The fraction of sp³-hybridized carbons (Fsp3) is 0.529. The summed E-state index contributed by atoms with van der Waals surface area (Å²) in [4.78, 5) is 2.22. The first-order valence-corrected chi connectivity index (χ1v) is 8.12. The molecular weight excluding hydrogens is 282 g/mol. The molecule has 0 amide bonds. The molecule has 0 spiro atoms. The molecule has 0 atom stereocenters. The maximum absolute atomic E-state index is 6.17. The van der Waals surface area contributed by atoms with Gasteiger partial charge in [0.1, 0.15) is 0 Å². The van der Waals surface area contributed by atoms with Gasteiger partial charge in [0.25, 0.3) is 0 Å². The molecule has 1 aromatic carbocycles. The summed E-state index contributed by atoms with van der Waals surface area (Å²) in [7, 11) is 4.23. The summed E-state index contributed by atoms with van der Waals surface area (Å²) >= 11 is 6.17. The van der Waals surface area contributed by atoms with E-state index in [2.05, 4.69) is 54.1 Å². The topological polar surface area (TPSA) is 20.2 Å². The lowest BCUT2D eigenvalue weighted by Gasteiger charge is -2.10. The molecule has 0 bridgehead atoms. The molecule has 116 valence electrons. The Bertz CT molecular complexity index is 575. The second-order valence-electron chi connectivity index (χ2n) is 5.84. The largest absolute Gasteiger partial charge is 0.347 e. The molecule has 0 saturated carbocycles. The first kappa shape index (κ1) is 16.3. The Morgan fingerprint density at radius 2 is 2.10 bits per heavy atom. The van der Waals surface area contributed by atoms with E-state index in [0.29, 0.717) is 0 Å². The van der Waals surface area contributed by atoms with Crippen LogP contribution < -0.4 is 5.32 Å². The molecule has 1 heterocycles. The molecular formula is C17H26ClN3. The molecule has 0 fully saturated rings. The van der Waals surface area contributed by atoms with Gasteiger partial charge in [-0.15, -0.1) is 0 Å². The van der Waals surface area contributed by atoms with Gasteiger partial charge in [-0.25, -0.2) is 0 Å². The zero-order chi connectivity index (χ0) is 15.2. The van der Waals surface area contributed by atoms with Crippen molar-refractivity contribution in [2.45, 2.75) is 32.9 Å². The summed E-state index contributed by atoms with van der Waals surface area (Å²) in [5.41, 5.74) is 2.61. The predicted octanol–water partition coefficient (Wildman–Crippen LogP) is 3.75. The highest BCUT2D eigenvalue weighted by Crippen LogP contribution is 2.25. The van der Waals surface area contributed by atoms with Gasteiger partial charge in [-0.05, 0) is 57.7 Å². The molecule has 0 aliphatic rings. The van der Waals surface area contributed by atoms with Crippen LogP contribution in [0, 0.1) is 0 Å². The van der Waals surface area contributed by atoms with Crippen LogP contribution in [-0.4, -0.2) is 36.7 Å². The first-order valence-electron chi connectivity index (χ1n) is 7.74. The van der Waals surface area contributed by atoms with Gasteiger partial charge in [0.2, 0.25) is 0 Å². The van der Waals surface area contributed by atoms with Crippen molar-refractivity contribution in [1.29, 1.82) is 0 Å². The van der Waals surface area contributed by atoms with Gasteiger partial charge in [0, 0.05) is 35.2 Å². The Labute approximate surface area is 132 Å². The third kappa shape index (κ3) is 4.47. The van der Waals surface area contributed by atoms with Gasteiger partial charge in [0.05, 0.1) is 0 Å². The van der Waals surface area contributed by atoms with E-state index >= 15 is 0 Å². The monoisotopic (exact) mass is 307 g/mol. The van der Waals surface area contributed by atoms with Crippen molar-refractivity contribution >= 4 is 22.5 Å². The lowest BCUT2D eigenvalue weighted by atomic mass is 10.2. The minimum Gasteiger partial charge on any atom is -0.347 e. The Morgan fingerprint density at radius 1 is 1.29 bits per heavy atom. The van der Waals surface area contributed by atoms with E-state index in [4.69, 9.17) is 11.6 Å². The van der Waals surface area contributed by atoms with Crippen LogP contribution in [0.15, 0.2) is 24.4 Å². The van der Waals surface area contributed by atoms with E-state index in [-0.39, 0.29) is 0 Å². The maximum atomic E-state index is 6.17. The van der Waals surface area contributed by atoms with E-state index in [1.54, 1.807) is 0 Å². The van der Waals surface area contributed by atoms with Crippen molar-refractivity contribution < 1.29 is 0 Å². The third-order valence-electron chi connectivity index (χ3n) is 3.67. The number of hydrogen-bond donors (Lipinski definition) is 1. The van der Waals surface area contributed by atoms with E-state index < -0.39 is 0 Å². The van der Waals surface area contributed by atoms with Gasteiger partial charge >= 0.3 is 0 Å². The molecule has 0 aliphatic carbocycles. The first-order chi connectivity index (χ1) is 10.1. The molecule has 0 aliphatic heterocycles. The van der Waals surface area contributed by atoms with Crippen molar-refractivity contribution in [2.24, 2.45) is 0 Å². The highest BCUT2D eigenvalue weighted by molar-refractivity contribution is 6.31. The smallest absolute Gasteiger partial charge is 0.0498 e. The SMILES string of the molecule is CCCNCc1cn(CCCN(C)C)c2cc(Cl)ccc12. The van der Waals surface area contributed by atoms with Crippen LogP contribution in [0.3, 0.4) is 0 Å². The fourth-order valence-corrected chi connectivity index (χ4v) is 2.79. The standard InChI is InChI=1S/C17H26ClN3/c1-4-8-19-12-14-13-21(10-5-9-20(2)3)17-11-15(18)6-7-16(14)17/h6-7,11,13,19H,4-5,8-10,12H2,1-3H3. The molecule has 3 nitrogen and oxygen atoms in total. The summed E-state index contributed by atoms with van der Waals surface area (Å²) in [5.74, 6) is 0. The molecule has 0 radical (unpaired) electrons. The number of aryl methyl sites for hydroxylation is 1. The molecule has 1 aromatic heterocycles. The van der Waals surface area contributed by atoms with E-state index in [0.717, 1.165) is 44.0 Å². The Balaban J connectivity index is 2.20. The van der Waals surface area contributed by atoms with Crippen molar-refractivity contribution in [1.82, 2.24) is 14.8 Å². The average molecular weight is 308 g/mol. The van der Waals surface area contributed by atoms with E-state index in [1.165, 1.54) is 16.5 Å². The molecule has 1 N–H and O–H groups in total. The number of benzene rings is 1. The van der Waals surface area contributed by atoms with Crippen molar-refractivity contribution in [3.05, 3.63) is 35.0 Å². The molecule has 21 heavy (non-hydrogen) atoms. The third-order valence-corrected chi connectivity index (χ3v) is 3.91. The minimum absolute atomic E-state index is 0.808. The van der Waals surface area contributed by atoms with Gasteiger partial charge in [0.15, 0.2) is 0 Å². The normalized spacial score (nSPS) is 11.7. The maximum Gasteiger partial charge on any atom is 0.0498 e. The van der Waals surface area contributed by atoms with Crippen LogP contribution in [0.2, 0.25) is 5.02 Å². The van der Waals surface area contributed by atoms with Crippen LogP contribution in [-0.2, 0) is 13.1 Å². The highest BCUT2D eigenvalue weighted by Gasteiger charge is 2.09. The molecule has 4 heteroatoms. The Hall–Kier alpha value is -1.03. The van der Waals surface area contributed by atoms with Crippen LogP contribution >= 0.6 is 11.6 Å². The molecule has 0 unspecified atom stereocenters. The highest BCUT2D eigenvalue weighted by atomic mass is 35.5. The number of nitrogens with zero attached hydrogens (tertiary/aromatic N) is 2. The van der Waals surface area contributed by atoms with Gasteiger partial charge in [-0.1, -0.05) is 24.6 Å². The lowest BCUT2D eigenvalue weighted by Crippen LogP contribution is -2.15. The van der Waals surface area contributed by atoms with Crippen molar-refractivity contribution in [3.8, 4) is 0 Å². The number of halogens is 1. The zero-order valence-corrected chi connectivity index (χ0v) is 14.1. The van der Waals surface area contributed by atoms with Crippen molar-refractivity contribution in [3.63, 3.8) is 0 Å². The van der Waals surface area contributed by atoms with Crippen LogP contribution in [0.5, 0.6) is 0 Å². The van der Waals surface area contributed by atoms with Gasteiger partial charge in [-0.3, -0.25) is 0 Å². The summed E-state index contributed by atoms with van der Waals surface area (Å²) in [6.45, 7) is 6.30. The van der Waals surface area contributed by atoms with E-state index in [1.807, 2.05) is 6.07 Å². The fourth-order valence-electron chi connectivity index (χ4n) is 2.62. The summed E-state index contributed by atoms with van der Waals surface area (Å²) in [5, 5.41) is 5.61. The number of aromatic nitrogens is 1. The van der Waals surface area contributed by atoms with Crippen LogP contribution in [0.25, 0.3) is 10.9 Å². The predicted molar refractivity (Wildman–Crippen MR) is 92.1 cm³/mol. The minimum atomic E-state index is 0.808. The van der Waals surface area contributed by atoms with Crippen LogP contribution in [0.1, 0.15) is 25.3 Å². The number of fused-ring (bicyclic) bond motifs is 1. The Morgan fingerprint density at radius 3 is 2.81 bits per heavy atom. The number of hydrogen-bond acceptors (Lipinski definition) is 2. The quantitative estimate of drug-likeness (QED) is 0.750. The zero-order valence-electron chi connectivity index (χ0n) is 13.3. The average Bonchev–Trinajstić information content (AvgIpc) is 2.76. The lowest BCUT2D eigenvalue weighted by molar-refractivity contribution is 0.388. The van der Waals surface area contributed by atoms with Gasteiger partial charge < -0.3 is 14.8 Å². The Kier molecular flexibility index (Phi) is 6.09. The second kappa shape index (κ2) is 7.83. The summed E-state index contributed by atoms with van der Waals surface area (Å²) in [6, 6.07) is 6.20. The van der Waals surface area contributed by atoms with Crippen LogP contribution in [0.4, 0.5) is 0 Å².